The van der Waals surface area contributed by atoms with Gasteiger partial charge in [-0.25, -0.2) is 0 Å². The van der Waals surface area contributed by atoms with Gasteiger partial charge < -0.3 is 15.0 Å². The maximum Gasteiger partial charge on any atom is 0.311 e. The number of anilines is 2. The van der Waals surface area contributed by atoms with Gasteiger partial charge in [0.2, 0.25) is 5.91 Å². The van der Waals surface area contributed by atoms with Crippen molar-refractivity contribution in [3.63, 3.8) is 0 Å². The van der Waals surface area contributed by atoms with E-state index in [4.69, 9.17) is 27.9 Å². The van der Waals surface area contributed by atoms with Crippen molar-refractivity contribution in [1.82, 2.24) is 0 Å². The molecular formula is C21H20Cl2N2O4. The summed E-state index contributed by atoms with van der Waals surface area (Å²) in [6.07, 6.45) is 0.0557. The summed E-state index contributed by atoms with van der Waals surface area (Å²) in [7, 11) is 0. The van der Waals surface area contributed by atoms with E-state index in [0.717, 1.165) is 16.8 Å². The second-order valence-corrected chi connectivity index (χ2v) is 7.77. The van der Waals surface area contributed by atoms with Gasteiger partial charge in [-0.2, -0.15) is 0 Å². The average molecular weight is 435 g/mol. The summed E-state index contributed by atoms with van der Waals surface area (Å²) < 4.78 is 5.10. The predicted molar refractivity (Wildman–Crippen MR) is 112 cm³/mol. The van der Waals surface area contributed by atoms with Crippen molar-refractivity contribution < 1.29 is 19.1 Å². The molecule has 152 valence electrons. The van der Waals surface area contributed by atoms with Gasteiger partial charge in [-0.15, -0.1) is 0 Å². The van der Waals surface area contributed by atoms with Crippen LogP contribution >= 0.6 is 23.2 Å². The quantitative estimate of drug-likeness (QED) is 0.717. The minimum Gasteiger partial charge on any atom is -0.455 e. The molecule has 0 aliphatic carbocycles. The van der Waals surface area contributed by atoms with E-state index in [1.54, 1.807) is 17.0 Å². The van der Waals surface area contributed by atoms with Crippen molar-refractivity contribution in [2.75, 3.05) is 23.4 Å². The van der Waals surface area contributed by atoms with E-state index in [-0.39, 0.29) is 18.9 Å². The Labute approximate surface area is 178 Å². The summed E-state index contributed by atoms with van der Waals surface area (Å²) in [5.74, 6) is -1.83. The molecule has 1 N–H and O–H groups in total. The fraction of sp³-hybridized carbons (Fsp3) is 0.286. The van der Waals surface area contributed by atoms with E-state index in [1.807, 2.05) is 32.0 Å². The van der Waals surface area contributed by atoms with Gasteiger partial charge in [-0.1, -0.05) is 29.3 Å². The number of carbonyl (C=O) groups is 3. The molecule has 1 aliphatic rings. The predicted octanol–water partition coefficient (Wildman–Crippen LogP) is 4.15. The Morgan fingerprint density at radius 3 is 2.55 bits per heavy atom. The number of nitrogens with zero attached hydrogens (tertiary/aromatic N) is 1. The number of ether oxygens (including phenoxy) is 1. The molecule has 0 radical (unpaired) electrons. The van der Waals surface area contributed by atoms with Gasteiger partial charge in [0.15, 0.2) is 6.61 Å². The van der Waals surface area contributed by atoms with Crippen molar-refractivity contribution >= 4 is 52.4 Å². The zero-order chi connectivity index (χ0) is 21.1. The maximum atomic E-state index is 12.3. The molecule has 3 rings (SSSR count). The molecule has 2 aromatic rings. The van der Waals surface area contributed by atoms with Crippen LogP contribution in [-0.4, -0.2) is 30.9 Å². The molecular weight excluding hydrogens is 415 g/mol. The first-order valence-corrected chi connectivity index (χ1v) is 9.79. The minimum absolute atomic E-state index is 0.0557. The number of carbonyl (C=O) groups excluding carboxylic acids is 3. The fourth-order valence-electron chi connectivity index (χ4n) is 3.03. The first-order valence-electron chi connectivity index (χ1n) is 9.03. The lowest BCUT2D eigenvalue weighted by Crippen LogP contribution is -2.28. The molecule has 29 heavy (non-hydrogen) atoms. The topological polar surface area (TPSA) is 75.7 Å². The van der Waals surface area contributed by atoms with Gasteiger partial charge in [0, 0.05) is 24.3 Å². The highest BCUT2D eigenvalue weighted by Gasteiger charge is 2.36. The number of benzene rings is 2. The van der Waals surface area contributed by atoms with Gasteiger partial charge in [0.05, 0.1) is 16.0 Å². The Morgan fingerprint density at radius 1 is 1.10 bits per heavy atom. The zero-order valence-corrected chi connectivity index (χ0v) is 17.5. The van der Waals surface area contributed by atoms with Crippen LogP contribution in [0.15, 0.2) is 36.4 Å². The zero-order valence-electron chi connectivity index (χ0n) is 16.0. The number of nitrogens with one attached hydrogen (secondary N) is 1. The molecule has 8 heteroatoms. The van der Waals surface area contributed by atoms with Crippen LogP contribution in [0.3, 0.4) is 0 Å². The Morgan fingerprint density at radius 2 is 1.86 bits per heavy atom. The number of hydrogen-bond acceptors (Lipinski definition) is 4. The Kier molecular flexibility index (Phi) is 6.45. The molecule has 1 heterocycles. The molecule has 1 fully saturated rings. The van der Waals surface area contributed by atoms with Gasteiger partial charge in [0.1, 0.15) is 0 Å². The van der Waals surface area contributed by atoms with Gasteiger partial charge in [-0.3, -0.25) is 14.4 Å². The number of aryl methyl sites for hydroxylation is 2. The van der Waals surface area contributed by atoms with Crippen LogP contribution in [0.4, 0.5) is 11.4 Å². The Bertz CT molecular complexity index is 977. The first kappa shape index (κ1) is 21.1. The molecule has 6 nitrogen and oxygen atoms in total. The van der Waals surface area contributed by atoms with Crippen LogP contribution in [0.1, 0.15) is 17.5 Å². The lowest BCUT2D eigenvalue weighted by atomic mass is 10.1. The Balaban J connectivity index is 1.54. The summed E-state index contributed by atoms with van der Waals surface area (Å²) in [4.78, 5) is 38.2. The van der Waals surface area contributed by atoms with Gasteiger partial charge >= 0.3 is 5.97 Å². The highest BCUT2D eigenvalue weighted by molar-refractivity contribution is 6.42. The first-order chi connectivity index (χ1) is 13.7. The number of amides is 2. The molecule has 0 unspecified atom stereocenters. The molecule has 1 atom stereocenters. The molecule has 0 spiro atoms. The van der Waals surface area contributed by atoms with Crippen LogP contribution in [0.5, 0.6) is 0 Å². The summed E-state index contributed by atoms with van der Waals surface area (Å²) in [6, 6.07) is 10.4. The third kappa shape index (κ3) is 5.08. The van der Waals surface area contributed by atoms with Crippen molar-refractivity contribution in [3.8, 4) is 0 Å². The second-order valence-electron chi connectivity index (χ2n) is 6.96. The summed E-state index contributed by atoms with van der Waals surface area (Å²) in [5, 5.41) is 3.25. The number of rotatable bonds is 5. The standard InChI is InChI=1S/C21H20Cl2N2O4/c1-12-3-5-16(7-13(12)2)25-10-14(8-20(25)27)21(28)29-11-19(26)24-15-4-6-17(22)18(23)9-15/h3-7,9,14H,8,10-11H2,1-2H3,(H,24,26)/t14-/m1/s1. The summed E-state index contributed by atoms with van der Waals surface area (Å²) >= 11 is 11.7. The summed E-state index contributed by atoms with van der Waals surface area (Å²) in [6.45, 7) is 3.74. The molecule has 0 aromatic heterocycles. The van der Waals surface area contributed by atoms with Gasteiger partial charge in [-0.05, 0) is 55.3 Å². The molecule has 0 saturated carbocycles. The lowest BCUT2D eigenvalue weighted by Gasteiger charge is -2.17. The van der Waals surface area contributed by atoms with Crippen molar-refractivity contribution in [2.24, 2.45) is 5.92 Å². The minimum atomic E-state index is -0.609. The van der Waals surface area contributed by atoms with E-state index in [2.05, 4.69) is 5.32 Å². The van der Waals surface area contributed by atoms with E-state index in [1.165, 1.54) is 6.07 Å². The van der Waals surface area contributed by atoms with E-state index < -0.39 is 24.4 Å². The van der Waals surface area contributed by atoms with Crippen molar-refractivity contribution in [3.05, 3.63) is 57.6 Å². The smallest absolute Gasteiger partial charge is 0.311 e. The lowest BCUT2D eigenvalue weighted by molar-refractivity contribution is -0.151. The van der Waals surface area contributed by atoms with Crippen LogP contribution in [0.2, 0.25) is 10.0 Å². The van der Waals surface area contributed by atoms with Gasteiger partial charge in [0.25, 0.3) is 5.91 Å². The highest BCUT2D eigenvalue weighted by Crippen LogP contribution is 2.28. The monoisotopic (exact) mass is 434 g/mol. The van der Waals surface area contributed by atoms with Crippen LogP contribution in [-0.2, 0) is 19.1 Å². The van der Waals surface area contributed by atoms with E-state index in [0.29, 0.717) is 15.7 Å². The van der Waals surface area contributed by atoms with E-state index in [9.17, 15) is 14.4 Å². The van der Waals surface area contributed by atoms with Crippen LogP contribution < -0.4 is 10.2 Å². The van der Waals surface area contributed by atoms with Crippen LogP contribution in [0, 0.1) is 19.8 Å². The van der Waals surface area contributed by atoms with Crippen molar-refractivity contribution in [1.29, 1.82) is 0 Å². The van der Waals surface area contributed by atoms with E-state index >= 15 is 0 Å². The third-order valence-corrected chi connectivity index (χ3v) is 5.55. The molecule has 2 aromatic carbocycles. The number of esters is 1. The molecule has 1 saturated heterocycles. The normalized spacial score (nSPS) is 16.1. The summed E-state index contributed by atoms with van der Waals surface area (Å²) in [5.41, 5.74) is 3.40. The van der Waals surface area contributed by atoms with Crippen LogP contribution in [0.25, 0.3) is 0 Å². The fourth-order valence-corrected chi connectivity index (χ4v) is 3.33. The second kappa shape index (κ2) is 8.84. The molecule has 1 aliphatic heterocycles. The highest BCUT2D eigenvalue weighted by atomic mass is 35.5. The third-order valence-electron chi connectivity index (χ3n) is 4.81. The maximum absolute atomic E-state index is 12.3. The number of halogens is 2. The average Bonchev–Trinajstić information content (AvgIpc) is 3.07. The molecule has 2 amide bonds. The number of hydrogen-bond donors (Lipinski definition) is 1. The SMILES string of the molecule is Cc1ccc(N2C[C@H](C(=O)OCC(=O)Nc3ccc(Cl)c(Cl)c3)CC2=O)cc1C. The molecule has 0 bridgehead atoms. The largest absolute Gasteiger partial charge is 0.455 e. The van der Waals surface area contributed by atoms with Crippen molar-refractivity contribution in [2.45, 2.75) is 20.3 Å². The Hall–Kier alpha value is -2.57.